The molecule has 0 atom stereocenters. The zero-order valence-electron chi connectivity index (χ0n) is 39.6. The molecule has 6 aromatic rings. The van der Waals surface area contributed by atoms with Gasteiger partial charge in [-0.25, -0.2) is 0 Å². The quantitative estimate of drug-likeness (QED) is 0.0532. The van der Waals surface area contributed by atoms with Crippen molar-refractivity contribution in [3.63, 3.8) is 0 Å². The number of aryl methyl sites for hydroxylation is 6. The molecule has 0 aliphatic heterocycles. The summed E-state index contributed by atoms with van der Waals surface area (Å²) in [7, 11) is 0. The number of fused-ring (bicyclic) bond motifs is 4. The van der Waals surface area contributed by atoms with Crippen molar-refractivity contribution in [2.24, 2.45) is 0 Å². The Morgan fingerprint density at radius 3 is 1.27 bits per heavy atom. The van der Waals surface area contributed by atoms with Gasteiger partial charge in [-0.2, -0.15) is 0 Å². The van der Waals surface area contributed by atoms with E-state index < -0.39 is 5.41 Å². The smallest absolute Gasteiger partial charge is 0.0654 e. The van der Waals surface area contributed by atoms with Crippen molar-refractivity contribution in [2.45, 2.75) is 174 Å². The number of hydrogen-bond acceptors (Lipinski definition) is 0. The van der Waals surface area contributed by atoms with Gasteiger partial charge in [0, 0.05) is 0 Å². The second kappa shape index (κ2) is 21.8. The summed E-state index contributed by atoms with van der Waals surface area (Å²) in [6, 6.07) is 49.4. The predicted molar refractivity (Wildman–Crippen MR) is 273 cm³/mol. The first-order valence-electron chi connectivity index (χ1n) is 25.8. The van der Waals surface area contributed by atoms with Crippen molar-refractivity contribution in [1.82, 2.24) is 0 Å². The molecule has 6 aromatic carbocycles. The minimum Gasteiger partial charge on any atom is -0.0654 e. The van der Waals surface area contributed by atoms with Gasteiger partial charge >= 0.3 is 0 Å². The highest BCUT2D eigenvalue weighted by Gasteiger charge is 2.47. The molecule has 0 aromatic heterocycles. The lowest BCUT2D eigenvalue weighted by Gasteiger charge is -2.36. The molecule has 328 valence electrons. The van der Waals surface area contributed by atoms with Gasteiger partial charge in [-0.3, -0.25) is 0 Å². The summed E-state index contributed by atoms with van der Waals surface area (Å²) in [6.07, 6.45) is 27.6. The van der Waals surface area contributed by atoms with Crippen molar-refractivity contribution in [2.75, 3.05) is 0 Å². The molecule has 63 heavy (non-hydrogen) atoms. The van der Waals surface area contributed by atoms with Gasteiger partial charge in [-0.05, 0) is 165 Å². The third-order valence-electron chi connectivity index (χ3n) is 14.9. The third-order valence-corrected chi connectivity index (χ3v) is 14.9. The van der Waals surface area contributed by atoms with Crippen LogP contribution in [0.3, 0.4) is 0 Å². The first-order valence-corrected chi connectivity index (χ1v) is 25.8. The summed E-state index contributed by atoms with van der Waals surface area (Å²) < 4.78 is 0. The van der Waals surface area contributed by atoms with E-state index in [0.717, 1.165) is 25.7 Å². The van der Waals surface area contributed by atoms with Crippen molar-refractivity contribution in [3.05, 3.63) is 177 Å². The van der Waals surface area contributed by atoms with Gasteiger partial charge in [0.1, 0.15) is 0 Å². The van der Waals surface area contributed by atoms with Crippen LogP contribution in [0.1, 0.15) is 186 Å². The molecule has 0 heterocycles. The van der Waals surface area contributed by atoms with Crippen molar-refractivity contribution >= 4 is 0 Å². The maximum absolute atomic E-state index is 2.64. The van der Waals surface area contributed by atoms with Crippen LogP contribution in [0, 0.1) is 0 Å². The topological polar surface area (TPSA) is 0 Å². The van der Waals surface area contributed by atoms with Gasteiger partial charge < -0.3 is 0 Å². The third kappa shape index (κ3) is 9.87. The first kappa shape index (κ1) is 44.9. The van der Waals surface area contributed by atoms with Crippen LogP contribution in [0.5, 0.6) is 0 Å². The molecule has 2 aliphatic rings. The van der Waals surface area contributed by atoms with E-state index in [9.17, 15) is 0 Å². The van der Waals surface area contributed by atoms with Crippen LogP contribution < -0.4 is 0 Å². The lowest BCUT2D eigenvalue weighted by molar-refractivity contribution is 0.664. The number of hydrogen-bond donors (Lipinski definition) is 0. The number of rotatable bonds is 24. The summed E-state index contributed by atoms with van der Waals surface area (Å²) >= 11 is 0. The molecule has 0 nitrogen and oxygen atoms in total. The lowest BCUT2D eigenvalue weighted by atomic mass is 9.66. The van der Waals surface area contributed by atoms with Crippen LogP contribution in [-0.4, -0.2) is 0 Å². The molecule has 0 bridgehead atoms. The van der Waals surface area contributed by atoms with Crippen LogP contribution in [0.4, 0.5) is 0 Å². The zero-order valence-corrected chi connectivity index (χ0v) is 39.6. The van der Waals surface area contributed by atoms with Crippen molar-refractivity contribution in [1.29, 1.82) is 0 Å². The normalized spacial score (nSPS) is 13.4. The van der Waals surface area contributed by atoms with Crippen molar-refractivity contribution < 1.29 is 0 Å². The molecule has 0 unspecified atom stereocenters. The Kier molecular flexibility index (Phi) is 15.5. The molecule has 0 saturated carbocycles. The monoisotopic (exact) mass is 833 g/mol. The second-order valence-corrected chi connectivity index (χ2v) is 19.3. The van der Waals surface area contributed by atoms with Crippen LogP contribution in [-0.2, 0) is 43.9 Å². The summed E-state index contributed by atoms with van der Waals surface area (Å²) in [6.45, 7) is 9.27. The Bertz CT molecular complexity index is 2290. The van der Waals surface area contributed by atoms with Crippen LogP contribution in [0.15, 0.2) is 121 Å². The summed E-state index contributed by atoms with van der Waals surface area (Å²) in [5.41, 5.74) is 22.7. The van der Waals surface area contributed by atoms with E-state index in [-0.39, 0.29) is 0 Å². The molecule has 0 amide bonds. The molecule has 8 rings (SSSR count). The Morgan fingerprint density at radius 1 is 0.349 bits per heavy atom. The highest BCUT2D eigenvalue weighted by Crippen LogP contribution is 2.58. The Labute approximate surface area is 383 Å². The fourth-order valence-electron chi connectivity index (χ4n) is 11.1. The average molecular weight is 833 g/mol. The number of unbranched alkanes of at least 4 members (excludes halogenated alkanes) is 12. The van der Waals surface area contributed by atoms with Crippen LogP contribution >= 0.6 is 0 Å². The minimum absolute atomic E-state index is 0.444. The zero-order chi connectivity index (χ0) is 43.4. The Balaban J connectivity index is 1.31. The molecule has 2 aliphatic carbocycles. The maximum atomic E-state index is 2.64. The van der Waals surface area contributed by atoms with Gasteiger partial charge in [0.15, 0.2) is 0 Å². The molecule has 0 radical (unpaired) electrons. The molecular weight excluding hydrogens is 757 g/mol. The average Bonchev–Trinajstić information content (AvgIpc) is 3.60. The number of benzene rings is 6. The van der Waals surface area contributed by atoms with Gasteiger partial charge in [0.05, 0.1) is 5.41 Å². The molecule has 0 N–H and O–H groups in total. The van der Waals surface area contributed by atoms with Crippen LogP contribution in [0.2, 0.25) is 0 Å². The van der Waals surface area contributed by atoms with E-state index in [0.29, 0.717) is 0 Å². The maximum Gasteiger partial charge on any atom is 0.0714 e. The molecule has 0 fully saturated rings. The van der Waals surface area contributed by atoms with Crippen molar-refractivity contribution in [3.8, 4) is 33.4 Å². The Hall–Kier alpha value is -4.68. The van der Waals surface area contributed by atoms with E-state index in [1.807, 2.05) is 0 Å². The summed E-state index contributed by atoms with van der Waals surface area (Å²) in [4.78, 5) is 0. The minimum atomic E-state index is -0.444. The second-order valence-electron chi connectivity index (χ2n) is 19.3. The lowest BCUT2D eigenvalue weighted by Crippen LogP contribution is -2.29. The first-order chi connectivity index (χ1) is 31.1. The molecule has 0 heteroatoms. The molecule has 0 saturated heterocycles. The van der Waals surface area contributed by atoms with Gasteiger partial charge in [-0.1, -0.05) is 214 Å². The van der Waals surface area contributed by atoms with Gasteiger partial charge in [0.25, 0.3) is 0 Å². The highest BCUT2D eigenvalue weighted by atomic mass is 14.5. The standard InChI is InChI=1S/C63H76/c1-5-9-13-18-24-47-30-32-50(26-20-15-11-7-3)59(42-47)53-37-40-57-58-41-38-54(60-43-48(25-19-14-10-6-2)31-33-51(60)27-21-16-12-8-4)46-62(58)63(61(57)45-53,55-28-22-17-23-29-55)56-39-36-49-34-35-52(49)44-56/h17,22-23,28-33,36-46H,5-16,18-21,24-27,34-35H2,1-4H3. The van der Waals surface area contributed by atoms with E-state index in [1.165, 1.54) is 205 Å². The van der Waals surface area contributed by atoms with Gasteiger partial charge in [0.2, 0.25) is 0 Å². The van der Waals surface area contributed by atoms with Gasteiger partial charge in [-0.15, -0.1) is 0 Å². The SMILES string of the molecule is CCCCCCc1ccc(CCCCCC)c(-c2ccc3c(c2)C(c2ccccc2)(c2ccc4c(c2)CC4)c2cc(-c4cc(CCCCCC)ccc4CCCCCC)ccc2-3)c1. The fourth-order valence-corrected chi connectivity index (χ4v) is 11.1. The summed E-state index contributed by atoms with van der Waals surface area (Å²) in [5, 5.41) is 0. The summed E-state index contributed by atoms with van der Waals surface area (Å²) in [5.74, 6) is 0. The van der Waals surface area contributed by atoms with E-state index in [2.05, 4.69) is 149 Å². The largest absolute Gasteiger partial charge is 0.0714 e. The highest BCUT2D eigenvalue weighted by molar-refractivity contribution is 5.90. The Morgan fingerprint density at radius 2 is 0.825 bits per heavy atom. The predicted octanol–water partition coefficient (Wildman–Crippen LogP) is 18.0. The molecule has 0 spiro atoms. The van der Waals surface area contributed by atoms with E-state index >= 15 is 0 Å². The fraction of sp³-hybridized carbons (Fsp3) is 0.429. The van der Waals surface area contributed by atoms with E-state index in [1.54, 1.807) is 0 Å². The van der Waals surface area contributed by atoms with E-state index in [4.69, 9.17) is 0 Å². The molecular formula is C63H76. The van der Waals surface area contributed by atoms with Crippen LogP contribution in [0.25, 0.3) is 33.4 Å².